The maximum atomic E-state index is 13.1. The molecule has 5 aromatic rings. The molecule has 0 unspecified atom stereocenters. The lowest BCUT2D eigenvalue weighted by Crippen LogP contribution is -2.46. The summed E-state index contributed by atoms with van der Waals surface area (Å²) in [6.07, 6.45) is 0. The first kappa shape index (κ1) is 24.7. The second kappa shape index (κ2) is 9.63. The topological polar surface area (TPSA) is 86.9 Å². The van der Waals surface area contributed by atoms with Crippen molar-refractivity contribution >= 4 is 49.8 Å². The van der Waals surface area contributed by atoms with Crippen LogP contribution in [-0.2, 0) is 10.0 Å². The lowest BCUT2D eigenvalue weighted by molar-refractivity contribution is 0.222. The summed E-state index contributed by atoms with van der Waals surface area (Å²) in [7, 11) is 0.447. The SMILES string of the molecule is CN1CCN(S(=O)(=O)c2ccc(-c3cccc(N(C)c4nc5nnc(Cl)n5c5ccccc45)c3)cc2)CC1. The van der Waals surface area contributed by atoms with Gasteiger partial charge in [-0.2, -0.15) is 9.29 Å². The zero-order chi connectivity index (χ0) is 26.4. The fourth-order valence-electron chi connectivity index (χ4n) is 4.82. The van der Waals surface area contributed by atoms with E-state index in [0.717, 1.165) is 46.6 Å². The van der Waals surface area contributed by atoms with E-state index in [2.05, 4.69) is 21.2 Å². The van der Waals surface area contributed by atoms with Crippen LogP contribution >= 0.6 is 11.6 Å². The predicted molar refractivity (Wildman–Crippen MR) is 149 cm³/mol. The molecule has 38 heavy (non-hydrogen) atoms. The van der Waals surface area contributed by atoms with Gasteiger partial charge in [-0.05, 0) is 66.2 Å². The van der Waals surface area contributed by atoms with Crippen LogP contribution in [0.2, 0.25) is 5.28 Å². The molecule has 9 nitrogen and oxygen atoms in total. The van der Waals surface area contributed by atoms with Gasteiger partial charge in [0.25, 0.3) is 5.78 Å². The number of anilines is 2. The van der Waals surface area contributed by atoms with E-state index >= 15 is 0 Å². The third-order valence-electron chi connectivity index (χ3n) is 7.04. The van der Waals surface area contributed by atoms with Gasteiger partial charge >= 0.3 is 0 Å². The molecule has 6 rings (SSSR count). The Hall–Kier alpha value is -3.57. The van der Waals surface area contributed by atoms with Gasteiger partial charge in [0.05, 0.1) is 10.4 Å². The molecule has 0 bridgehead atoms. The van der Waals surface area contributed by atoms with Gasteiger partial charge in [-0.3, -0.25) is 0 Å². The van der Waals surface area contributed by atoms with Crippen molar-refractivity contribution in [3.63, 3.8) is 0 Å². The molecule has 0 aliphatic carbocycles. The van der Waals surface area contributed by atoms with Crippen molar-refractivity contribution in [2.24, 2.45) is 0 Å². The Kier molecular flexibility index (Phi) is 6.27. The molecule has 2 aromatic heterocycles. The van der Waals surface area contributed by atoms with Gasteiger partial charge in [0.2, 0.25) is 15.3 Å². The molecule has 1 saturated heterocycles. The molecule has 0 amide bonds. The first-order chi connectivity index (χ1) is 18.3. The maximum absolute atomic E-state index is 13.1. The van der Waals surface area contributed by atoms with Gasteiger partial charge in [0.1, 0.15) is 5.82 Å². The van der Waals surface area contributed by atoms with Crippen LogP contribution in [0.5, 0.6) is 0 Å². The summed E-state index contributed by atoms with van der Waals surface area (Å²) < 4.78 is 29.5. The molecule has 0 saturated carbocycles. The monoisotopic (exact) mass is 547 g/mol. The lowest BCUT2D eigenvalue weighted by Gasteiger charge is -2.31. The number of piperazine rings is 1. The van der Waals surface area contributed by atoms with Crippen molar-refractivity contribution in [2.75, 3.05) is 45.2 Å². The van der Waals surface area contributed by atoms with E-state index in [0.29, 0.717) is 23.8 Å². The third kappa shape index (κ3) is 4.29. The van der Waals surface area contributed by atoms with Crippen molar-refractivity contribution in [1.82, 2.24) is 28.8 Å². The molecule has 3 aromatic carbocycles. The zero-order valence-corrected chi connectivity index (χ0v) is 22.6. The summed E-state index contributed by atoms with van der Waals surface area (Å²) in [5, 5.41) is 9.28. The summed E-state index contributed by atoms with van der Waals surface area (Å²) in [6, 6.07) is 23.0. The van der Waals surface area contributed by atoms with E-state index in [1.807, 2.05) is 73.6 Å². The van der Waals surface area contributed by atoms with Gasteiger partial charge in [-0.1, -0.05) is 36.4 Å². The summed E-state index contributed by atoms with van der Waals surface area (Å²) in [6.45, 7) is 2.48. The van der Waals surface area contributed by atoms with Crippen molar-refractivity contribution in [1.29, 1.82) is 0 Å². The van der Waals surface area contributed by atoms with Crippen molar-refractivity contribution < 1.29 is 8.42 Å². The quantitative estimate of drug-likeness (QED) is 0.324. The van der Waals surface area contributed by atoms with Gasteiger partial charge in [0.15, 0.2) is 0 Å². The van der Waals surface area contributed by atoms with Crippen molar-refractivity contribution in [3.8, 4) is 11.1 Å². The fraction of sp³-hybridized carbons (Fsp3) is 0.222. The molecule has 0 atom stereocenters. The van der Waals surface area contributed by atoms with E-state index in [-0.39, 0.29) is 5.28 Å². The van der Waals surface area contributed by atoms with Crippen molar-refractivity contribution in [2.45, 2.75) is 4.90 Å². The number of halogens is 1. The number of sulfonamides is 1. The number of likely N-dealkylation sites (N-methyl/N-ethyl adjacent to an activating group) is 1. The van der Waals surface area contributed by atoms with Crippen LogP contribution in [0.3, 0.4) is 0 Å². The second-order valence-corrected chi connectivity index (χ2v) is 11.7. The Balaban J connectivity index is 1.32. The van der Waals surface area contributed by atoms with Crippen LogP contribution in [0.1, 0.15) is 0 Å². The maximum Gasteiger partial charge on any atom is 0.258 e. The normalized spacial score (nSPS) is 15.3. The molecule has 1 fully saturated rings. The van der Waals surface area contributed by atoms with Gasteiger partial charge < -0.3 is 9.80 Å². The largest absolute Gasteiger partial charge is 0.329 e. The van der Waals surface area contributed by atoms with E-state index in [9.17, 15) is 8.42 Å². The summed E-state index contributed by atoms with van der Waals surface area (Å²) in [4.78, 5) is 9.20. The summed E-state index contributed by atoms with van der Waals surface area (Å²) in [5.74, 6) is 1.15. The highest BCUT2D eigenvalue weighted by atomic mass is 35.5. The Morgan fingerprint density at radius 2 is 1.61 bits per heavy atom. The number of benzene rings is 3. The number of para-hydroxylation sites is 1. The van der Waals surface area contributed by atoms with Crippen molar-refractivity contribution in [3.05, 3.63) is 78.1 Å². The molecule has 0 radical (unpaired) electrons. The van der Waals surface area contributed by atoms with Crippen LogP contribution in [0.15, 0.2) is 77.7 Å². The predicted octanol–water partition coefficient (Wildman–Crippen LogP) is 4.30. The number of hydrogen-bond acceptors (Lipinski definition) is 7. The minimum absolute atomic E-state index is 0.262. The molecule has 0 spiro atoms. The van der Waals surface area contributed by atoms with Gasteiger partial charge in [-0.25, -0.2) is 12.8 Å². The molecule has 1 aliphatic heterocycles. The molecule has 3 heterocycles. The average molecular weight is 548 g/mol. The zero-order valence-electron chi connectivity index (χ0n) is 21.0. The van der Waals surface area contributed by atoms with E-state index in [1.54, 1.807) is 20.8 Å². The molecule has 194 valence electrons. The highest BCUT2D eigenvalue weighted by Gasteiger charge is 2.27. The average Bonchev–Trinajstić information content (AvgIpc) is 3.33. The highest BCUT2D eigenvalue weighted by Crippen LogP contribution is 2.33. The standard InChI is InChI=1S/C27H26ClN7O2S/c1-32-14-16-34(17-15-32)38(36,37)22-12-10-19(11-13-22)20-6-5-7-21(18-20)33(2)25-23-8-3-4-9-24(23)35-26(28)30-31-27(35)29-25/h3-13,18H,14-17H2,1-2H3. The highest BCUT2D eigenvalue weighted by molar-refractivity contribution is 7.89. The van der Waals surface area contributed by atoms with E-state index in [4.69, 9.17) is 16.6 Å². The van der Waals surface area contributed by atoms with Crippen LogP contribution in [0.25, 0.3) is 27.8 Å². The van der Waals surface area contributed by atoms with Crippen LogP contribution in [0, 0.1) is 0 Å². The molecule has 0 N–H and O–H groups in total. The lowest BCUT2D eigenvalue weighted by atomic mass is 10.0. The Bertz CT molecular complexity index is 1750. The van der Waals surface area contributed by atoms with Crippen LogP contribution < -0.4 is 4.90 Å². The Labute approximate surface area is 226 Å². The first-order valence-electron chi connectivity index (χ1n) is 12.3. The van der Waals surface area contributed by atoms with Crippen LogP contribution in [0.4, 0.5) is 11.5 Å². The smallest absolute Gasteiger partial charge is 0.258 e. The minimum Gasteiger partial charge on any atom is -0.329 e. The summed E-state index contributed by atoms with van der Waals surface area (Å²) in [5.41, 5.74) is 3.68. The van der Waals surface area contributed by atoms with Crippen LogP contribution in [-0.4, -0.2) is 77.5 Å². The first-order valence-corrected chi connectivity index (χ1v) is 14.1. The number of aromatic nitrogens is 4. The van der Waals surface area contributed by atoms with E-state index in [1.165, 1.54) is 0 Å². The number of fused-ring (bicyclic) bond motifs is 3. The summed E-state index contributed by atoms with van der Waals surface area (Å²) >= 11 is 6.27. The molecular formula is C27H26ClN7O2S. The molecule has 11 heteroatoms. The Morgan fingerprint density at radius 1 is 0.868 bits per heavy atom. The molecular weight excluding hydrogens is 522 g/mol. The molecule has 1 aliphatic rings. The van der Waals surface area contributed by atoms with Gasteiger partial charge in [0, 0.05) is 44.3 Å². The minimum atomic E-state index is -3.51. The van der Waals surface area contributed by atoms with Gasteiger partial charge in [-0.15, -0.1) is 10.2 Å². The number of nitrogens with zero attached hydrogens (tertiary/aromatic N) is 7. The second-order valence-electron chi connectivity index (χ2n) is 9.40. The number of hydrogen-bond donors (Lipinski definition) is 0. The fourth-order valence-corrected chi connectivity index (χ4v) is 6.45. The number of rotatable bonds is 5. The Morgan fingerprint density at radius 3 is 2.37 bits per heavy atom. The third-order valence-corrected chi connectivity index (χ3v) is 9.19. The van der Waals surface area contributed by atoms with E-state index < -0.39 is 10.0 Å².